The number of amides is 1. The fraction of sp³-hybridized carbons (Fsp3) is 0.211. The minimum Gasteiger partial charge on any atom is -0.342 e. The zero-order valence-electron chi connectivity index (χ0n) is 13.8. The number of anilines is 1. The van der Waals surface area contributed by atoms with Gasteiger partial charge in [-0.1, -0.05) is 18.2 Å². The molecule has 0 aliphatic carbocycles. The van der Waals surface area contributed by atoms with E-state index in [9.17, 15) is 4.79 Å². The van der Waals surface area contributed by atoms with Crippen molar-refractivity contribution in [1.82, 2.24) is 0 Å². The van der Waals surface area contributed by atoms with Gasteiger partial charge in [0.1, 0.15) is 0 Å². The van der Waals surface area contributed by atoms with E-state index in [1.807, 2.05) is 30.3 Å². The molecule has 0 atom stereocenters. The minimum atomic E-state index is -1.37. The molecule has 4 rings (SSSR count). The molecule has 128 valence electrons. The largest absolute Gasteiger partial charge is 0.342 e. The lowest BCUT2D eigenvalue weighted by atomic mass is 10.1. The molecule has 25 heavy (non-hydrogen) atoms. The van der Waals surface area contributed by atoms with Crippen LogP contribution in [-0.2, 0) is 26.6 Å². The van der Waals surface area contributed by atoms with Gasteiger partial charge in [-0.05, 0) is 58.3 Å². The SMILES string of the molecule is COC1(OC)C(=O)N(Cc2cc3ccccc3s2)c2ccc(I)cc21. The Morgan fingerprint density at radius 1 is 1.12 bits per heavy atom. The van der Waals surface area contributed by atoms with Crippen LogP contribution in [-0.4, -0.2) is 20.1 Å². The molecule has 2 heterocycles. The Bertz CT molecular complexity index is 931. The predicted molar refractivity (Wildman–Crippen MR) is 108 cm³/mol. The lowest BCUT2D eigenvalue weighted by Crippen LogP contribution is -2.42. The molecule has 3 aromatic rings. The number of rotatable bonds is 4. The van der Waals surface area contributed by atoms with E-state index in [4.69, 9.17) is 9.47 Å². The summed E-state index contributed by atoms with van der Waals surface area (Å²) in [5, 5.41) is 1.20. The van der Waals surface area contributed by atoms with Crippen LogP contribution in [0.5, 0.6) is 0 Å². The number of hydrogen-bond donors (Lipinski definition) is 0. The van der Waals surface area contributed by atoms with Gasteiger partial charge in [-0.25, -0.2) is 0 Å². The zero-order valence-corrected chi connectivity index (χ0v) is 16.8. The van der Waals surface area contributed by atoms with Gasteiger partial charge in [-0.3, -0.25) is 4.79 Å². The Balaban J connectivity index is 1.78. The second-order valence-corrected chi connectivity index (χ2v) is 8.24. The summed E-state index contributed by atoms with van der Waals surface area (Å²) in [6.07, 6.45) is 0. The van der Waals surface area contributed by atoms with Gasteiger partial charge in [0.25, 0.3) is 11.7 Å². The Hall–Kier alpha value is -1.48. The van der Waals surface area contributed by atoms with Crippen molar-refractivity contribution in [3.8, 4) is 0 Å². The standard InChI is InChI=1S/C19H16INO3S/c1-23-19(24-2)15-10-13(20)7-8-16(15)21(18(19)22)11-14-9-12-5-3-4-6-17(12)25-14/h3-10H,11H2,1-2H3. The van der Waals surface area contributed by atoms with Crippen molar-refractivity contribution in [2.45, 2.75) is 12.3 Å². The van der Waals surface area contributed by atoms with Crippen LogP contribution in [0.15, 0.2) is 48.5 Å². The highest BCUT2D eigenvalue weighted by atomic mass is 127. The maximum Gasteiger partial charge on any atom is 0.292 e. The molecule has 0 spiro atoms. The smallest absolute Gasteiger partial charge is 0.292 e. The van der Waals surface area contributed by atoms with Gasteiger partial charge in [0.15, 0.2) is 0 Å². The van der Waals surface area contributed by atoms with Crippen LogP contribution in [0.4, 0.5) is 5.69 Å². The van der Waals surface area contributed by atoms with Crippen LogP contribution in [0.2, 0.25) is 0 Å². The van der Waals surface area contributed by atoms with E-state index in [2.05, 4.69) is 40.8 Å². The number of ether oxygens (including phenoxy) is 2. The van der Waals surface area contributed by atoms with Crippen molar-refractivity contribution in [2.75, 3.05) is 19.1 Å². The highest BCUT2D eigenvalue weighted by molar-refractivity contribution is 14.1. The van der Waals surface area contributed by atoms with Crippen molar-refractivity contribution < 1.29 is 14.3 Å². The van der Waals surface area contributed by atoms with E-state index in [0.29, 0.717) is 6.54 Å². The molecule has 2 aromatic carbocycles. The van der Waals surface area contributed by atoms with Gasteiger partial charge in [0, 0.05) is 32.9 Å². The number of thiophene rings is 1. The number of hydrogen-bond acceptors (Lipinski definition) is 4. The predicted octanol–water partition coefficient (Wildman–Crippen LogP) is 4.50. The maximum atomic E-state index is 13.2. The third kappa shape index (κ3) is 2.59. The molecule has 1 amide bonds. The molecule has 0 fully saturated rings. The Labute approximate surface area is 163 Å². The topological polar surface area (TPSA) is 38.8 Å². The quantitative estimate of drug-likeness (QED) is 0.421. The first-order valence-corrected chi connectivity index (χ1v) is 9.68. The number of fused-ring (bicyclic) bond motifs is 2. The lowest BCUT2D eigenvalue weighted by molar-refractivity contribution is -0.209. The summed E-state index contributed by atoms with van der Waals surface area (Å²) in [7, 11) is 3.02. The molecule has 1 aromatic heterocycles. The van der Waals surface area contributed by atoms with Crippen LogP contribution >= 0.6 is 33.9 Å². The van der Waals surface area contributed by atoms with Crippen molar-refractivity contribution in [3.05, 3.63) is 62.5 Å². The molecule has 1 aliphatic rings. The number of carbonyl (C=O) groups is 1. The van der Waals surface area contributed by atoms with Gasteiger partial charge in [-0.15, -0.1) is 11.3 Å². The number of benzene rings is 2. The fourth-order valence-electron chi connectivity index (χ4n) is 3.31. The number of nitrogens with zero attached hydrogens (tertiary/aromatic N) is 1. The Morgan fingerprint density at radius 3 is 2.60 bits per heavy atom. The molecular weight excluding hydrogens is 449 g/mol. The van der Waals surface area contributed by atoms with E-state index < -0.39 is 5.79 Å². The van der Waals surface area contributed by atoms with Crippen LogP contribution in [0.25, 0.3) is 10.1 Å². The van der Waals surface area contributed by atoms with Gasteiger partial charge in [0.05, 0.1) is 12.2 Å². The molecule has 6 heteroatoms. The minimum absolute atomic E-state index is 0.188. The Morgan fingerprint density at radius 2 is 1.88 bits per heavy atom. The Kier molecular flexibility index (Phi) is 4.31. The molecular formula is C19H16INO3S. The molecule has 0 saturated carbocycles. The van der Waals surface area contributed by atoms with Crippen LogP contribution in [0.3, 0.4) is 0 Å². The second-order valence-electron chi connectivity index (χ2n) is 5.83. The summed E-state index contributed by atoms with van der Waals surface area (Å²) in [6.45, 7) is 0.500. The summed E-state index contributed by atoms with van der Waals surface area (Å²) >= 11 is 3.93. The van der Waals surface area contributed by atoms with Gasteiger partial charge in [0.2, 0.25) is 0 Å². The third-order valence-electron chi connectivity index (χ3n) is 4.50. The van der Waals surface area contributed by atoms with Crippen molar-refractivity contribution in [3.63, 3.8) is 0 Å². The first-order valence-electron chi connectivity index (χ1n) is 7.79. The molecule has 0 radical (unpaired) electrons. The van der Waals surface area contributed by atoms with Gasteiger partial charge >= 0.3 is 0 Å². The summed E-state index contributed by atoms with van der Waals surface area (Å²) < 4.78 is 13.4. The van der Waals surface area contributed by atoms with Crippen molar-refractivity contribution in [1.29, 1.82) is 0 Å². The molecule has 0 N–H and O–H groups in total. The summed E-state index contributed by atoms with van der Waals surface area (Å²) in [4.78, 5) is 16.0. The third-order valence-corrected chi connectivity index (χ3v) is 6.27. The highest BCUT2D eigenvalue weighted by Gasteiger charge is 2.52. The lowest BCUT2D eigenvalue weighted by Gasteiger charge is -2.25. The number of methoxy groups -OCH3 is 2. The first-order chi connectivity index (χ1) is 12.1. The summed E-state index contributed by atoms with van der Waals surface area (Å²) in [5.74, 6) is -1.56. The highest BCUT2D eigenvalue weighted by Crippen LogP contribution is 2.44. The van der Waals surface area contributed by atoms with Crippen molar-refractivity contribution >= 4 is 55.6 Å². The van der Waals surface area contributed by atoms with Crippen LogP contribution in [0, 0.1) is 3.57 Å². The maximum absolute atomic E-state index is 13.2. The second kappa shape index (κ2) is 6.35. The summed E-state index contributed by atoms with van der Waals surface area (Å²) in [5.41, 5.74) is 1.60. The molecule has 1 aliphatic heterocycles. The van der Waals surface area contributed by atoms with E-state index in [1.165, 1.54) is 24.3 Å². The van der Waals surface area contributed by atoms with Gasteiger partial charge < -0.3 is 14.4 Å². The number of carbonyl (C=O) groups excluding carboxylic acids is 1. The molecule has 0 bridgehead atoms. The average molecular weight is 465 g/mol. The first kappa shape index (κ1) is 17.0. The van der Waals surface area contributed by atoms with Gasteiger partial charge in [-0.2, -0.15) is 0 Å². The monoisotopic (exact) mass is 465 g/mol. The van der Waals surface area contributed by atoms with E-state index in [0.717, 1.165) is 19.7 Å². The summed E-state index contributed by atoms with van der Waals surface area (Å²) in [6, 6.07) is 16.3. The number of halogens is 1. The van der Waals surface area contributed by atoms with Crippen molar-refractivity contribution in [2.24, 2.45) is 0 Å². The zero-order chi connectivity index (χ0) is 17.6. The normalized spacial score (nSPS) is 15.8. The van der Waals surface area contributed by atoms with Crippen LogP contribution in [0.1, 0.15) is 10.4 Å². The van der Waals surface area contributed by atoms with E-state index >= 15 is 0 Å². The molecule has 0 unspecified atom stereocenters. The van der Waals surface area contributed by atoms with E-state index in [-0.39, 0.29) is 5.91 Å². The van der Waals surface area contributed by atoms with Crippen LogP contribution < -0.4 is 4.90 Å². The molecule has 0 saturated heterocycles. The average Bonchev–Trinajstić information content (AvgIpc) is 3.13. The molecule has 4 nitrogen and oxygen atoms in total. The fourth-order valence-corrected chi connectivity index (χ4v) is 4.86. The van der Waals surface area contributed by atoms with E-state index in [1.54, 1.807) is 16.2 Å².